The van der Waals surface area contributed by atoms with Gasteiger partial charge in [-0.05, 0) is 13.8 Å². The number of rotatable bonds is 2. The summed E-state index contributed by atoms with van der Waals surface area (Å²) < 4.78 is 0. The van der Waals surface area contributed by atoms with Crippen LogP contribution in [0.2, 0.25) is 0 Å². The molecule has 0 aliphatic rings. The Hall–Kier alpha value is -0.166. The molecule has 0 aliphatic heterocycles. The SMILES string of the molecule is C.CC(=O)CC(C)=O.[Ni]. The van der Waals surface area contributed by atoms with Gasteiger partial charge in [0.15, 0.2) is 0 Å². The van der Waals surface area contributed by atoms with E-state index < -0.39 is 0 Å². The first kappa shape index (κ1) is 15.9. The number of hydrogen-bond donors (Lipinski definition) is 0. The quantitative estimate of drug-likeness (QED) is 0.466. The van der Waals surface area contributed by atoms with Gasteiger partial charge >= 0.3 is 0 Å². The van der Waals surface area contributed by atoms with E-state index in [-0.39, 0.29) is 41.9 Å². The third-order valence-electron chi connectivity index (χ3n) is 0.498. The molecule has 0 rings (SSSR count). The zero-order valence-corrected chi connectivity index (χ0v) is 5.83. The van der Waals surface area contributed by atoms with Crippen LogP contribution in [0.4, 0.5) is 0 Å². The molecule has 0 aliphatic carbocycles. The minimum Gasteiger partial charge on any atom is -0.300 e. The van der Waals surface area contributed by atoms with E-state index >= 15 is 0 Å². The first-order chi connectivity index (χ1) is 3.13. The molecule has 0 bridgehead atoms. The van der Waals surface area contributed by atoms with E-state index in [9.17, 15) is 9.59 Å². The summed E-state index contributed by atoms with van der Waals surface area (Å²) in [6, 6.07) is 0. The third kappa shape index (κ3) is 18.1. The van der Waals surface area contributed by atoms with Gasteiger partial charge in [-0.15, -0.1) is 0 Å². The van der Waals surface area contributed by atoms with Crippen molar-refractivity contribution in [2.24, 2.45) is 0 Å². The fourth-order valence-corrected chi connectivity index (χ4v) is 0.351. The molecule has 0 heterocycles. The van der Waals surface area contributed by atoms with Crippen molar-refractivity contribution in [1.29, 1.82) is 0 Å². The Labute approximate surface area is 65.9 Å². The molecule has 0 atom stereocenters. The van der Waals surface area contributed by atoms with Gasteiger partial charge in [-0.25, -0.2) is 0 Å². The smallest absolute Gasteiger partial charge is 0.137 e. The second kappa shape index (κ2) is 7.83. The minimum atomic E-state index is -0.0625. The minimum absolute atomic E-state index is 0. The molecule has 58 valence electrons. The average Bonchev–Trinajstić information content (AvgIpc) is 1.27. The Kier molecular flexibility index (Phi) is 13.9. The van der Waals surface area contributed by atoms with E-state index in [0.717, 1.165) is 0 Å². The topological polar surface area (TPSA) is 34.1 Å². The predicted octanol–water partition coefficient (Wildman–Crippen LogP) is 1.19. The van der Waals surface area contributed by atoms with Crippen LogP contribution in [-0.2, 0) is 26.1 Å². The Morgan fingerprint density at radius 1 is 1.11 bits per heavy atom. The van der Waals surface area contributed by atoms with Crippen molar-refractivity contribution in [2.45, 2.75) is 27.7 Å². The summed E-state index contributed by atoms with van der Waals surface area (Å²) in [5, 5.41) is 0. The van der Waals surface area contributed by atoms with Gasteiger partial charge in [-0.3, -0.25) is 9.59 Å². The Bertz CT molecular complexity index is 87.2. The standard InChI is InChI=1S/C5H8O2.CH4.Ni/c1-4(6)3-5(2)7;;/h3H2,1-2H3;1H4;. The molecule has 0 saturated carbocycles. The molecule has 0 unspecified atom stereocenters. The summed E-state index contributed by atoms with van der Waals surface area (Å²) in [7, 11) is 0. The summed E-state index contributed by atoms with van der Waals surface area (Å²) in [4.78, 5) is 20.1. The zero-order chi connectivity index (χ0) is 5.86. The van der Waals surface area contributed by atoms with Gasteiger partial charge in [0.1, 0.15) is 11.6 Å². The van der Waals surface area contributed by atoms with Gasteiger partial charge in [0.2, 0.25) is 0 Å². The van der Waals surface area contributed by atoms with Crippen LogP contribution >= 0.6 is 0 Å². The van der Waals surface area contributed by atoms with E-state index in [1.54, 1.807) is 0 Å². The Morgan fingerprint density at radius 3 is 1.33 bits per heavy atom. The normalized spacial score (nSPS) is 6.44. The van der Waals surface area contributed by atoms with E-state index in [4.69, 9.17) is 0 Å². The average molecular weight is 175 g/mol. The van der Waals surface area contributed by atoms with Crippen molar-refractivity contribution in [3.8, 4) is 0 Å². The van der Waals surface area contributed by atoms with Crippen LogP contribution < -0.4 is 0 Å². The molecule has 0 radical (unpaired) electrons. The maximum Gasteiger partial charge on any atom is 0.137 e. The van der Waals surface area contributed by atoms with Crippen LogP contribution in [0.25, 0.3) is 0 Å². The van der Waals surface area contributed by atoms with E-state index in [1.807, 2.05) is 0 Å². The van der Waals surface area contributed by atoms with Crippen LogP contribution in [0.1, 0.15) is 27.7 Å². The summed E-state index contributed by atoms with van der Waals surface area (Å²) in [6.07, 6.45) is 0.0833. The van der Waals surface area contributed by atoms with Gasteiger partial charge in [-0.1, -0.05) is 7.43 Å². The summed E-state index contributed by atoms with van der Waals surface area (Å²) in [5.74, 6) is -0.125. The predicted molar refractivity (Wildman–Crippen MR) is 32.7 cm³/mol. The Morgan fingerprint density at radius 2 is 1.33 bits per heavy atom. The van der Waals surface area contributed by atoms with Gasteiger partial charge in [-0.2, -0.15) is 0 Å². The van der Waals surface area contributed by atoms with Crippen LogP contribution in [-0.4, -0.2) is 11.6 Å². The molecule has 0 aromatic carbocycles. The summed E-state index contributed by atoms with van der Waals surface area (Å²) in [5.41, 5.74) is 0. The zero-order valence-electron chi connectivity index (χ0n) is 4.84. The molecular formula is C6H12NiO2. The molecule has 2 nitrogen and oxygen atoms in total. The molecule has 0 aromatic heterocycles. The van der Waals surface area contributed by atoms with E-state index in [1.165, 1.54) is 13.8 Å². The number of carbonyl (C=O) groups is 2. The van der Waals surface area contributed by atoms with Crippen molar-refractivity contribution < 1.29 is 26.1 Å². The monoisotopic (exact) mass is 174 g/mol. The largest absolute Gasteiger partial charge is 0.300 e. The van der Waals surface area contributed by atoms with E-state index in [2.05, 4.69) is 0 Å². The first-order valence-corrected chi connectivity index (χ1v) is 2.12. The van der Waals surface area contributed by atoms with Gasteiger partial charge in [0.25, 0.3) is 0 Å². The van der Waals surface area contributed by atoms with Gasteiger partial charge in [0.05, 0.1) is 6.42 Å². The van der Waals surface area contributed by atoms with Crippen molar-refractivity contribution in [1.82, 2.24) is 0 Å². The van der Waals surface area contributed by atoms with Crippen molar-refractivity contribution in [3.63, 3.8) is 0 Å². The fourth-order valence-electron chi connectivity index (χ4n) is 0.351. The number of hydrogen-bond acceptors (Lipinski definition) is 2. The molecule has 0 N–H and O–H groups in total. The number of carbonyl (C=O) groups excluding carboxylic acids is 2. The van der Waals surface area contributed by atoms with Crippen LogP contribution in [0.15, 0.2) is 0 Å². The number of Topliss-reactive ketones (excluding diaryl/α,β-unsaturated/α-hetero) is 2. The van der Waals surface area contributed by atoms with Crippen LogP contribution in [0.5, 0.6) is 0 Å². The van der Waals surface area contributed by atoms with Crippen molar-refractivity contribution >= 4 is 11.6 Å². The first-order valence-electron chi connectivity index (χ1n) is 2.12. The second-order valence-corrected chi connectivity index (χ2v) is 1.58. The number of ketones is 2. The molecule has 0 aromatic rings. The van der Waals surface area contributed by atoms with Gasteiger partial charge < -0.3 is 0 Å². The third-order valence-corrected chi connectivity index (χ3v) is 0.498. The molecule has 0 fully saturated rings. The molecule has 3 heteroatoms. The van der Waals surface area contributed by atoms with Crippen LogP contribution in [0.3, 0.4) is 0 Å². The molecular weight excluding hydrogens is 163 g/mol. The fraction of sp³-hybridized carbons (Fsp3) is 0.667. The van der Waals surface area contributed by atoms with Crippen molar-refractivity contribution in [2.75, 3.05) is 0 Å². The maximum atomic E-state index is 10.0. The van der Waals surface area contributed by atoms with Crippen molar-refractivity contribution in [3.05, 3.63) is 0 Å². The summed E-state index contributed by atoms with van der Waals surface area (Å²) in [6.45, 7) is 2.81. The van der Waals surface area contributed by atoms with Gasteiger partial charge in [0, 0.05) is 16.5 Å². The van der Waals surface area contributed by atoms with E-state index in [0.29, 0.717) is 0 Å². The molecule has 0 amide bonds. The summed E-state index contributed by atoms with van der Waals surface area (Å²) >= 11 is 0. The second-order valence-electron chi connectivity index (χ2n) is 1.58. The molecule has 9 heavy (non-hydrogen) atoms. The molecule has 0 spiro atoms. The molecule has 0 saturated heterocycles. The maximum absolute atomic E-state index is 10.0. The van der Waals surface area contributed by atoms with Crippen LogP contribution in [0, 0.1) is 0 Å². The Balaban J connectivity index is -0.000000180.